The van der Waals surface area contributed by atoms with Gasteiger partial charge in [0.05, 0.1) is 38.7 Å². The van der Waals surface area contributed by atoms with Gasteiger partial charge in [0.15, 0.2) is 17.5 Å². The van der Waals surface area contributed by atoms with E-state index in [2.05, 4.69) is 167 Å². The molecule has 326 valence electrons. The Bertz CT molecular complexity index is 4530. The summed E-state index contributed by atoms with van der Waals surface area (Å²) in [7, 11) is 0. The van der Waals surface area contributed by atoms with Crippen molar-refractivity contribution in [3.63, 3.8) is 0 Å². The Morgan fingerprint density at radius 3 is 1.64 bits per heavy atom. The highest BCUT2D eigenvalue weighted by Gasteiger charge is 2.26. The molecule has 10 aromatic carbocycles. The average Bonchev–Trinajstić information content (AvgIpc) is 4.19. The van der Waals surface area contributed by atoms with Crippen molar-refractivity contribution in [2.75, 3.05) is 0 Å². The molecule has 70 heavy (non-hydrogen) atoms. The Balaban J connectivity index is 1.04. The van der Waals surface area contributed by atoms with Crippen LogP contribution in [0.25, 0.3) is 142 Å². The van der Waals surface area contributed by atoms with Gasteiger partial charge in [0.25, 0.3) is 0 Å². The van der Waals surface area contributed by atoms with E-state index in [1.807, 2.05) is 78.1 Å². The van der Waals surface area contributed by atoms with Crippen molar-refractivity contribution >= 4 is 97.1 Å². The Kier molecular flexibility index (Phi) is 8.43. The Morgan fingerprint density at radius 2 is 0.886 bits per heavy atom. The second-order valence-corrected chi connectivity index (χ2v) is 19.0. The molecule has 0 fully saturated rings. The van der Waals surface area contributed by atoms with Crippen molar-refractivity contribution in [2.24, 2.45) is 0 Å². The molecular formula is C63H37N5OS. The van der Waals surface area contributed by atoms with E-state index in [9.17, 15) is 0 Å². The fraction of sp³-hybridized carbons (Fsp3) is 0. The van der Waals surface area contributed by atoms with Gasteiger partial charge in [0.1, 0.15) is 11.2 Å². The number of rotatable bonds is 6. The van der Waals surface area contributed by atoms with E-state index in [1.165, 1.54) is 52.8 Å². The third-order valence-electron chi connectivity index (χ3n) is 14.0. The summed E-state index contributed by atoms with van der Waals surface area (Å²) >= 11 is 1.85. The molecule has 5 aromatic heterocycles. The van der Waals surface area contributed by atoms with Crippen molar-refractivity contribution in [1.29, 1.82) is 0 Å². The van der Waals surface area contributed by atoms with Crippen molar-refractivity contribution in [3.05, 3.63) is 224 Å². The number of furan rings is 1. The van der Waals surface area contributed by atoms with Crippen LogP contribution >= 0.6 is 11.3 Å². The standard InChI is InChI=1S/C63H37N5OS/c1-4-16-38(17-5-1)61-64-62(39-18-6-2-7-19-39)66-63(65-61)46-30-32-53(59-45-24-11-14-26-54(45)69-60(46)59)68-50-31-28-40(41-29-35-56-47(36-41)43-22-12-15-27-55(43)70-56)37-48(50)58-52(68)34-33-51-57(58)44-23-10-13-25-49(44)67(51)42-20-8-3-9-21-42/h1-37H. The minimum atomic E-state index is 0.543. The molecule has 7 heteroatoms. The van der Waals surface area contributed by atoms with Gasteiger partial charge in [-0.15, -0.1) is 11.3 Å². The van der Waals surface area contributed by atoms with Crippen LogP contribution in [0, 0.1) is 0 Å². The Labute approximate surface area is 404 Å². The zero-order chi connectivity index (χ0) is 45.9. The molecule has 0 atom stereocenters. The van der Waals surface area contributed by atoms with Gasteiger partial charge in [-0.25, -0.2) is 15.0 Å². The summed E-state index contributed by atoms with van der Waals surface area (Å²) in [4.78, 5) is 15.4. The van der Waals surface area contributed by atoms with E-state index in [1.54, 1.807) is 0 Å². The molecule has 0 N–H and O–H groups in total. The fourth-order valence-corrected chi connectivity index (χ4v) is 12.0. The molecule has 5 heterocycles. The van der Waals surface area contributed by atoms with Gasteiger partial charge in [-0.05, 0) is 90.0 Å². The molecule has 0 aliphatic heterocycles. The molecular weight excluding hydrogens is 875 g/mol. The van der Waals surface area contributed by atoms with Crippen molar-refractivity contribution in [2.45, 2.75) is 0 Å². The van der Waals surface area contributed by atoms with Gasteiger partial charge in [-0.3, -0.25) is 0 Å². The van der Waals surface area contributed by atoms with Crippen LogP contribution in [0.1, 0.15) is 0 Å². The highest BCUT2D eigenvalue weighted by Crippen LogP contribution is 2.47. The zero-order valence-corrected chi connectivity index (χ0v) is 38.2. The van der Waals surface area contributed by atoms with E-state index in [0.29, 0.717) is 23.1 Å². The maximum absolute atomic E-state index is 6.99. The minimum absolute atomic E-state index is 0.543. The summed E-state index contributed by atoms with van der Waals surface area (Å²) in [5.41, 5.74) is 13.1. The van der Waals surface area contributed by atoms with E-state index < -0.39 is 0 Å². The number of thiophene rings is 1. The van der Waals surface area contributed by atoms with Gasteiger partial charge >= 0.3 is 0 Å². The maximum atomic E-state index is 6.99. The predicted molar refractivity (Wildman–Crippen MR) is 290 cm³/mol. The average molecular weight is 912 g/mol. The molecule has 0 aliphatic rings. The van der Waals surface area contributed by atoms with Crippen LogP contribution in [0.2, 0.25) is 0 Å². The van der Waals surface area contributed by atoms with E-state index >= 15 is 0 Å². The molecule has 0 spiro atoms. The van der Waals surface area contributed by atoms with Crippen LogP contribution < -0.4 is 0 Å². The fourth-order valence-electron chi connectivity index (χ4n) is 10.9. The zero-order valence-electron chi connectivity index (χ0n) is 37.4. The minimum Gasteiger partial charge on any atom is -0.455 e. The van der Waals surface area contributed by atoms with Crippen molar-refractivity contribution in [1.82, 2.24) is 24.1 Å². The third kappa shape index (κ3) is 5.82. The highest BCUT2D eigenvalue weighted by atomic mass is 32.1. The van der Waals surface area contributed by atoms with E-state index in [4.69, 9.17) is 19.4 Å². The molecule has 0 bridgehead atoms. The molecule has 0 unspecified atom stereocenters. The van der Waals surface area contributed by atoms with Crippen molar-refractivity contribution < 1.29 is 4.42 Å². The largest absolute Gasteiger partial charge is 0.455 e. The van der Waals surface area contributed by atoms with Crippen LogP contribution in [0.5, 0.6) is 0 Å². The topological polar surface area (TPSA) is 61.7 Å². The van der Waals surface area contributed by atoms with Crippen LogP contribution in [-0.2, 0) is 0 Å². The first-order valence-electron chi connectivity index (χ1n) is 23.5. The van der Waals surface area contributed by atoms with Gasteiger partial charge in [-0.1, -0.05) is 146 Å². The van der Waals surface area contributed by atoms with E-state index in [-0.39, 0.29) is 0 Å². The first-order valence-corrected chi connectivity index (χ1v) is 24.3. The summed E-state index contributed by atoms with van der Waals surface area (Å²) in [6, 6.07) is 79.8. The van der Waals surface area contributed by atoms with Gasteiger partial charge in [0, 0.05) is 63.9 Å². The summed E-state index contributed by atoms with van der Waals surface area (Å²) < 4.78 is 14.4. The molecule has 15 aromatic rings. The number of nitrogens with zero attached hydrogens (tertiary/aromatic N) is 5. The first kappa shape index (κ1) is 38.9. The SMILES string of the molecule is c1ccc(-c2nc(-c3ccccc3)nc(-c3ccc(-n4c5ccc(-c6ccc7sc8ccccc8c7c6)cc5c5c6c7ccccc7n(-c7ccccc7)c6ccc54)c4c3oc3ccccc34)n2)cc1. The smallest absolute Gasteiger partial charge is 0.167 e. The second-order valence-electron chi connectivity index (χ2n) is 17.9. The number of aromatic nitrogens is 5. The Morgan fingerprint density at radius 1 is 0.343 bits per heavy atom. The summed E-state index contributed by atoms with van der Waals surface area (Å²) in [6.45, 7) is 0. The normalized spacial score (nSPS) is 12.0. The van der Waals surface area contributed by atoms with Crippen LogP contribution in [0.4, 0.5) is 0 Å². The van der Waals surface area contributed by atoms with Crippen LogP contribution in [-0.4, -0.2) is 24.1 Å². The molecule has 0 saturated carbocycles. The molecule has 0 saturated heterocycles. The maximum Gasteiger partial charge on any atom is 0.167 e. The molecule has 0 aliphatic carbocycles. The third-order valence-corrected chi connectivity index (χ3v) is 15.1. The Hall–Kier alpha value is -9.17. The van der Waals surface area contributed by atoms with Gasteiger partial charge in [-0.2, -0.15) is 0 Å². The summed E-state index contributed by atoms with van der Waals surface area (Å²) in [5.74, 6) is 1.74. The quantitative estimate of drug-likeness (QED) is 0.167. The lowest BCUT2D eigenvalue weighted by Crippen LogP contribution is -2.01. The second kappa shape index (κ2) is 15.2. The van der Waals surface area contributed by atoms with Crippen molar-refractivity contribution in [3.8, 4) is 56.7 Å². The van der Waals surface area contributed by atoms with Crippen LogP contribution in [0.3, 0.4) is 0 Å². The van der Waals surface area contributed by atoms with Crippen LogP contribution in [0.15, 0.2) is 229 Å². The molecule has 15 rings (SSSR count). The lowest BCUT2D eigenvalue weighted by Gasteiger charge is -2.13. The highest BCUT2D eigenvalue weighted by molar-refractivity contribution is 7.25. The predicted octanol–water partition coefficient (Wildman–Crippen LogP) is 17.0. The monoisotopic (exact) mass is 911 g/mol. The number of fused-ring (bicyclic) bond motifs is 13. The van der Waals surface area contributed by atoms with E-state index in [0.717, 1.165) is 66.5 Å². The number of para-hydroxylation sites is 3. The molecule has 0 amide bonds. The summed E-state index contributed by atoms with van der Waals surface area (Å²) in [6.07, 6.45) is 0. The number of hydrogen-bond acceptors (Lipinski definition) is 5. The molecule has 6 nitrogen and oxygen atoms in total. The lowest BCUT2D eigenvalue weighted by molar-refractivity contribution is 0.669. The lowest BCUT2D eigenvalue weighted by atomic mass is 9.99. The first-order chi connectivity index (χ1) is 34.7. The number of hydrogen-bond donors (Lipinski definition) is 0. The van der Waals surface area contributed by atoms with Gasteiger partial charge in [0.2, 0.25) is 0 Å². The summed E-state index contributed by atoms with van der Waals surface area (Å²) in [5, 5.41) is 9.37. The number of benzene rings is 10. The van der Waals surface area contributed by atoms with Gasteiger partial charge < -0.3 is 13.6 Å². The molecule has 0 radical (unpaired) electrons.